The van der Waals surface area contributed by atoms with Crippen molar-refractivity contribution in [3.63, 3.8) is 0 Å². The van der Waals surface area contributed by atoms with Gasteiger partial charge in [-0.15, -0.1) is 0 Å². The molecule has 1 fully saturated rings. The molecule has 1 aromatic carbocycles. The molecule has 1 saturated heterocycles. The maximum atomic E-state index is 4.81. The molecule has 0 aliphatic carbocycles. The van der Waals surface area contributed by atoms with Crippen molar-refractivity contribution in [2.45, 2.75) is 18.9 Å². The Morgan fingerprint density at radius 3 is 2.63 bits per heavy atom. The van der Waals surface area contributed by atoms with E-state index in [2.05, 4.69) is 51.3 Å². The molecule has 3 aromatic heterocycles. The third kappa shape index (κ3) is 3.22. The summed E-state index contributed by atoms with van der Waals surface area (Å²) >= 11 is 0. The number of aromatic nitrogens is 4. The molecule has 1 unspecified atom stereocenters. The topological polar surface area (TPSA) is 46.3 Å². The smallest absolute Gasteiger partial charge is 0.155 e. The van der Waals surface area contributed by atoms with Crippen LogP contribution >= 0.6 is 0 Å². The van der Waals surface area contributed by atoms with E-state index in [1.54, 1.807) is 6.20 Å². The first-order valence-corrected chi connectivity index (χ1v) is 9.39. The Labute approximate surface area is 158 Å². The highest BCUT2D eigenvalue weighted by molar-refractivity contribution is 5.60. The zero-order valence-electron chi connectivity index (χ0n) is 15.1. The van der Waals surface area contributed by atoms with E-state index in [4.69, 9.17) is 5.10 Å². The number of rotatable bonds is 4. The molecule has 1 aliphatic rings. The van der Waals surface area contributed by atoms with Crippen LogP contribution in [0, 0.1) is 0 Å². The summed E-state index contributed by atoms with van der Waals surface area (Å²) in [6, 6.07) is 20.7. The van der Waals surface area contributed by atoms with E-state index in [9.17, 15) is 0 Å². The van der Waals surface area contributed by atoms with Gasteiger partial charge in [0.15, 0.2) is 5.65 Å². The molecule has 5 nitrogen and oxygen atoms in total. The average molecular weight is 355 g/mol. The molecular weight excluding hydrogens is 334 g/mol. The first kappa shape index (κ1) is 16.1. The predicted molar refractivity (Wildman–Crippen MR) is 105 cm³/mol. The van der Waals surface area contributed by atoms with Gasteiger partial charge in [0.1, 0.15) is 5.69 Å². The molecule has 0 amide bonds. The van der Waals surface area contributed by atoms with Crippen molar-refractivity contribution in [3.05, 3.63) is 84.3 Å². The Morgan fingerprint density at radius 1 is 0.889 bits per heavy atom. The summed E-state index contributed by atoms with van der Waals surface area (Å²) in [6.07, 6.45) is 4.84. The summed E-state index contributed by atoms with van der Waals surface area (Å²) in [6.45, 7) is 3.16. The minimum atomic E-state index is 0.468. The van der Waals surface area contributed by atoms with E-state index in [-0.39, 0.29) is 0 Å². The number of pyridine rings is 1. The second-order valence-electron chi connectivity index (χ2n) is 7.09. The Morgan fingerprint density at radius 2 is 1.78 bits per heavy atom. The highest BCUT2D eigenvalue weighted by Crippen LogP contribution is 2.29. The maximum Gasteiger partial charge on any atom is 0.155 e. The van der Waals surface area contributed by atoms with Crippen molar-refractivity contribution in [2.24, 2.45) is 0 Å². The first-order valence-electron chi connectivity index (χ1n) is 9.39. The van der Waals surface area contributed by atoms with Gasteiger partial charge in [0.25, 0.3) is 0 Å². The normalized spacial score (nSPS) is 17.6. The molecule has 5 heteroatoms. The Hall–Kier alpha value is -3.05. The molecule has 27 heavy (non-hydrogen) atoms. The van der Waals surface area contributed by atoms with Gasteiger partial charge in [-0.25, -0.2) is 9.50 Å². The first-order chi connectivity index (χ1) is 13.4. The molecule has 0 N–H and O–H groups in total. The number of fused-ring (bicyclic) bond motifs is 1. The number of likely N-dealkylation sites (tertiary alicyclic amines) is 1. The van der Waals surface area contributed by atoms with Gasteiger partial charge in [0.05, 0.1) is 11.4 Å². The summed E-state index contributed by atoms with van der Waals surface area (Å²) in [5.74, 6) is 0.468. The molecular formula is C22H21N5. The molecule has 0 spiro atoms. The lowest BCUT2D eigenvalue weighted by Crippen LogP contribution is -2.20. The van der Waals surface area contributed by atoms with Crippen molar-refractivity contribution in [1.29, 1.82) is 0 Å². The number of hydrogen-bond acceptors (Lipinski definition) is 4. The fourth-order valence-corrected chi connectivity index (χ4v) is 3.92. The second-order valence-corrected chi connectivity index (χ2v) is 7.09. The van der Waals surface area contributed by atoms with Crippen LogP contribution in [0.2, 0.25) is 0 Å². The SMILES string of the molecule is c1ccc(CN2CCC(c3ccnc4cc(-c5ccccn5)nn34)C2)cc1. The van der Waals surface area contributed by atoms with Crippen molar-refractivity contribution < 1.29 is 0 Å². The van der Waals surface area contributed by atoms with Crippen molar-refractivity contribution in [1.82, 2.24) is 24.5 Å². The van der Waals surface area contributed by atoms with Gasteiger partial charge in [-0.2, -0.15) is 5.10 Å². The van der Waals surface area contributed by atoms with E-state index in [0.29, 0.717) is 5.92 Å². The minimum Gasteiger partial charge on any atom is -0.298 e. The molecule has 0 saturated carbocycles. The van der Waals surface area contributed by atoms with Crippen LogP contribution in [0.3, 0.4) is 0 Å². The third-order valence-corrected chi connectivity index (χ3v) is 5.25. The zero-order chi connectivity index (χ0) is 18.1. The summed E-state index contributed by atoms with van der Waals surface area (Å²) in [5.41, 5.74) is 5.24. The highest BCUT2D eigenvalue weighted by Gasteiger charge is 2.26. The lowest BCUT2D eigenvalue weighted by atomic mass is 10.0. The van der Waals surface area contributed by atoms with E-state index < -0.39 is 0 Å². The molecule has 1 aliphatic heterocycles. The Kier molecular flexibility index (Phi) is 4.14. The highest BCUT2D eigenvalue weighted by atomic mass is 15.3. The van der Waals surface area contributed by atoms with Crippen molar-refractivity contribution >= 4 is 5.65 Å². The van der Waals surface area contributed by atoms with Crippen molar-refractivity contribution in [3.8, 4) is 11.4 Å². The molecule has 4 aromatic rings. The summed E-state index contributed by atoms with van der Waals surface area (Å²) < 4.78 is 2.00. The van der Waals surface area contributed by atoms with Crippen LogP contribution in [0.25, 0.3) is 17.0 Å². The largest absolute Gasteiger partial charge is 0.298 e. The minimum absolute atomic E-state index is 0.468. The fraction of sp³-hybridized carbons (Fsp3) is 0.227. The quantitative estimate of drug-likeness (QED) is 0.559. The van der Waals surface area contributed by atoms with Crippen LogP contribution < -0.4 is 0 Å². The lowest BCUT2D eigenvalue weighted by molar-refractivity contribution is 0.326. The fourth-order valence-electron chi connectivity index (χ4n) is 3.92. The van der Waals surface area contributed by atoms with Gasteiger partial charge in [-0.1, -0.05) is 36.4 Å². The summed E-state index contributed by atoms with van der Waals surface area (Å²) in [7, 11) is 0. The second kappa shape index (κ2) is 6.93. The van der Waals surface area contributed by atoms with Gasteiger partial charge in [-0.3, -0.25) is 9.88 Å². The predicted octanol–water partition coefficient (Wildman–Crippen LogP) is 3.78. The van der Waals surface area contributed by atoms with Gasteiger partial charge >= 0.3 is 0 Å². The Balaban J connectivity index is 1.41. The van der Waals surface area contributed by atoms with E-state index in [0.717, 1.165) is 43.1 Å². The Bertz CT molecular complexity index is 1040. The number of benzene rings is 1. The van der Waals surface area contributed by atoms with Crippen LogP contribution in [0.1, 0.15) is 23.6 Å². The number of hydrogen-bond donors (Lipinski definition) is 0. The van der Waals surface area contributed by atoms with E-state index in [1.807, 2.05) is 35.0 Å². The van der Waals surface area contributed by atoms with Crippen molar-refractivity contribution in [2.75, 3.05) is 13.1 Å². The van der Waals surface area contributed by atoms with Crippen LogP contribution in [0.15, 0.2) is 73.1 Å². The third-order valence-electron chi connectivity index (χ3n) is 5.25. The maximum absolute atomic E-state index is 4.81. The average Bonchev–Trinajstić information content (AvgIpc) is 3.36. The van der Waals surface area contributed by atoms with Gasteiger partial charge < -0.3 is 0 Å². The van der Waals surface area contributed by atoms with Crippen LogP contribution in [0.5, 0.6) is 0 Å². The standard InChI is InChI=1S/C22H21N5/c1-2-6-17(7-3-1)15-26-13-10-18(16-26)21-9-12-24-22-14-20(25-27(21)22)19-8-4-5-11-23-19/h1-9,11-12,14,18H,10,13,15-16H2. The number of nitrogens with zero attached hydrogens (tertiary/aromatic N) is 5. The van der Waals surface area contributed by atoms with E-state index >= 15 is 0 Å². The molecule has 1 atom stereocenters. The monoisotopic (exact) mass is 355 g/mol. The van der Waals surface area contributed by atoms with Crippen LogP contribution in [-0.2, 0) is 6.54 Å². The zero-order valence-corrected chi connectivity index (χ0v) is 15.1. The van der Waals surface area contributed by atoms with Crippen LogP contribution in [0.4, 0.5) is 0 Å². The van der Waals surface area contributed by atoms with Gasteiger partial charge in [0.2, 0.25) is 0 Å². The van der Waals surface area contributed by atoms with Gasteiger partial charge in [-0.05, 0) is 36.7 Å². The van der Waals surface area contributed by atoms with Crippen LogP contribution in [-0.4, -0.2) is 37.6 Å². The lowest BCUT2D eigenvalue weighted by Gasteiger charge is -2.16. The molecule has 0 radical (unpaired) electrons. The molecule has 5 rings (SSSR count). The van der Waals surface area contributed by atoms with Gasteiger partial charge in [0, 0.05) is 37.5 Å². The summed E-state index contributed by atoms with van der Waals surface area (Å²) in [5, 5.41) is 4.81. The van der Waals surface area contributed by atoms with E-state index in [1.165, 1.54) is 11.3 Å². The molecule has 4 heterocycles. The molecule has 134 valence electrons. The molecule has 0 bridgehead atoms. The summed E-state index contributed by atoms with van der Waals surface area (Å²) in [4.78, 5) is 11.4.